The third kappa shape index (κ3) is 59.1. The number of carbonyl (C=O) groups is 2. The molecule has 0 bridgehead atoms. The van der Waals surface area contributed by atoms with Gasteiger partial charge in [-0.2, -0.15) is 0 Å². The van der Waals surface area contributed by atoms with Crippen molar-refractivity contribution < 1.29 is 24.2 Å². The Morgan fingerprint density at radius 1 is 0.333 bits per heavy atom. The molecule has 5 heteroatoms. The van der Waals surface area contributed by atoms with Crippen LogP contribution in [0.15, 0.2) is 109 Å². The highest BCUT2D eigenvalue weighted by Gasteiger charge is 2.16. The van der Waals surface area contributed by atoms with Gasteiger partial charge >= 0.3 is 11.9 Å². The van der Waals surface area contributed by atoms with E-state index in [1.165, 1.54) is 161 Å². The number of aliphatic hydroxyl groups is 1. The summed E-state index contributed by atoms with van der Waals surface area (Å²) >= 11 is 0. The van der Waals surface area contributed by atoms with Gasteiger partial charge in [0.1, 0.15) is 6.61 Å². The lowest BCUT2D eigenvalue weighted by Crippen LogP contribution is -2.28. The lowest BCUT2D eigenvalue weighted by molar-refractivity contribution is -0.161. The molecule has 72 heavy (non-hydrogen) atoms. The fraction of sp³-hybridized carbons (Fsp3) is 0.701. The summed E-state index contributed by atoms with van der Waals surface area (Å²) in [6, 6.07) is 0. The smallest absolute Gasteiger partial charge is 0.306 e. The molecular formula is C67H114O5. The molecule has 412 valence electrons. The summed E-state index contributed by atoms with van der Waals surface area (Å²) in [7, 11) is 0. The summed E-state index contributed by atoms with van der Waals surface area (Å²) in [6.45, 7) is 4.03. The molecule has 0 rings (SSSR count). The molecule has 0 aromatic rings. The molecule has 0 spiro atoms. The summed E-state index contributed by atoms with van der Waals surface area (Å²) in [6.07, 6.45) is 89.3. The predicted octanol–water partition coefficient (Wildman–Crippen LogP) is 20.9. The van der Waals surface area contributed by atoms with Gasteiger partial charge in [-0.25, -0.2) is 0 Å². The minimum atomic E-state index is -0.788. The fourth-order valence-corrected chi connectivity index (χ4v) is 8.51. The maximum absolute atomic E-state index is 12.3. The fourth-order valence-electron chi connectivity index (χ4n) is 8.51. The van der Waals surface area contributed by atoms with E-state index in [9.17, 15) is 14.7 Å². The van der Waals surface area contributed by atoms with Crippen LogP contribution in [0.2, 0.25) is 0 Å². The number of ether oxygens (including phenoxy) is 2. The molecule has 0 fully saturated rings. The number of unbranched alkanes of at least 4 members (excludes halogenated alkanes) is 29. The van der Waals surface area contributed by atoms with Gasteiger partial charge < -0.3 is 14.6 Å². The third-order valence-electron chi connectivity index (χ3n) is 13.1. The van der Waals surface area contributed by atoms with Crippen LogP contribution in [0.5, 0.6) is 0 Å². The van der Waals surface area contributed by atoms with Crippen molar-refractivity contribution in [2.45, 2.75) is 290 Å². The summed E-state index contributed by atoms with van der Waals surface area (Å²) in [5, 5.41) is 9.67. The summed E-state index contributed by atoms with van der Waals surface area (Å²) in [5.74, 6) is -0.605. The van der Waals surface area contributed by atoms with Crippen molar-refractivity contribution in [1.29, 1.82) is 0 Å². The summed E-state index contributed by atoms with van der Waals surface area (Å²) in [4.78, 5) is 24.6. The van der Waals surface area contributed by atoms with Crippen LogP contribution >= 0.6 is 0 Å². The Morgan fingerprint density at radius 3 is 0.917 bits per heavy atom. The van der Waals surface area contributed by atoms with Crippen molar-refractivity contribution >= 4 is 11.9 Å². The van der Waals surface area contributed by atoms with Crippen molar-refractivity contribution in [3.63, 3.8) is 0 Å². The number of carbonyl (C=O) groups excluding carboxylic acids is 2. The van der Waals surface area contributed by atoms with Crippen LogP contribution in [-0.2, 0) is 19.1 Å². The van der Waals surface area contributed by atoms with Crippen LogP contribution in [0.3, 0.4) is 0 Å². The minimum Gasteiger partial charge on any atom is -0.462 e. The van der Waals surface area contributed by atoms with Gasteiger partial charge in [-0.3, -0.25) is 9.59 Å². The molecule has 0 heterocycles. The third-order valence-corrected chi connectivity index (χ3v) is 13.1. The molecular weight excluding hydrogens is 885 g/mol. The van der Waals surface area contributed by atoms with Crippen molar-refractivity contribution in [2.24, 2.45) is 0 Å². The predicted molar refractivity (Wildman–Crippen MR) is 315 cm³/mol. The second-order valence-corrected chi connectivity index (χ2v) is 20.0. The van der Waals surface area contributed by atoms with Gasteiger partial charge in [-0.15, -0.1) is 0 Å². The van der Waals surface area contributed by atoms with E-state index in [0.717, 1.165) is 96.3 Å². The Bertz CT molecular complexity index is 1410. The highest BCUT2D eigenvalue weighted by atomic mass is 16.6. The van der Waals surface area contributed by atoms with Gasteiger partial charge in [-0.1, -0.05) is 277 Å². The SMILES string of the molecule is CC/C=C\C/C=C\C/C=C\C/C=C\C/C=C\C/C=C\C/C=C\C/C=C\CCCCCCCCC(=O)OC(CO)COC(=O)CCCCCCCCCCCCCCCCC/C=C\CCCCCCCCCC. The molecule has 0 saturated heterocycles. The quantitative estimate of drug-likeness (QED) is 0.0373. The molecule has 1 N–H and O–H groups in total. The zero-order valence-corrected chi connectivity index (χ0v) is 47.2. The Morgan fingerprint density at radius 2 is 0.597 bits per heavy atom. The van der Waals surface area contributed by atoms with Gasteiger partial charge in [0.25, 0.3) is 0 Å². The standard InChI is InChI=1S/C67H114O5/c1-3-5-7-9-11-13-15-17-19-21-23-25-27-29-31-32-33-34-36-38-40-42-44-46-48-50-52-54-56-58-60-62-67(70)72-65(63-68)64-71-66(69)61-59-57-55-53-51-49-47-45-43-41-39-37-35-30-28-26-24-22-20-18-16-14-12-10-8-6-4-2/h5,7,11,13,17,19,22-25,29,31,33-34,38,40,44,46,65,68H,3-4,6,8-10,12,14-16,18,20-21,26-28,30,32,35-37,39,41-43,45,47-64H2,1-2H3/b7-5-,13-11-,19-17-,24-22-,25-23-,31-29-,34-33-,40-38-,46-44-. The average Bonchev–Trinajstić information content (AvgIpc) is 3.38. The highest BCUT2D eigenvalue weighted by Crippen LogP contribution is 2.16. The molecule has 1 unspecified atom stereocenters. The Hall–Kier alpha value is -3.44. The average molecular weight is 1000 g/mol. The zero-order valence-electron chi connectivity index (χ0n) is 47.2. The first-order valence-electron chi connectivity index (χ1n) is 30.4. The maximum Gasteiger partial charge on any atom is 0.306 e. The van der Waals surface area contributed by atoms with E-state index >= 15 is 0 Å². The highest BCUT2D eigenvalue weighted by molar-refractivity contribution is 5.70. The molecule has 0 aromatic heterocycles. The van der Waals surface area contributed by atoms with Crippen LogP contribution in [0.25, 0.3) is 0 Å². The topological polar surface area (TPSA) is 72.8 Å². The number of aliphatic hydroxyl groups excluding tert-OH is 1. The van der Waals surface area contributed by atoms with Crippen LogP contribution in [0.1, 0.15) is 284 Å². The Labute approximate surface area is 446 Å². The van der Waals surface area contributed by atoms with E-state index in [2.05, 4.69) is 123 Å². The van der Waals surface area contributed by atoms with E-state index in [-0.39, 0.29) is 25.2 Å². The van der Waals surface area contributed by atoms with Gasteiger partial charge in [0, 0.05) is 12.8 Å². The molecule has 0 aliphatic heterocycles. The van der Waals surface area contributed by atoms with Crippen molar-refractivity contribution in [2.75, 3.05) is 13.2 Å². The van der Waals surface area contributed by atoms with Crippen LogP contribution < -0.4 is 0 Å². The summed E-state index contributed by atoms with van der Waals surface area (Å²) in [5.41, 5.74) is 0. The second-order valence-electron chi connectivity index (χ2n) is 20.0. The largest absolute Gasteiger partial charge is 0.462 e. The normalized spacial score (nSPS) is 13.0. The Kier molecular flexibility index (Phi) is 58.9. The van der Waals surface area contributed by atoms with Crippen molar-refractivity contribution in [3.05, 3.63) is 109 Å². The van der Waals surface area contributed by atoms with Gasteiger partial charge in [-0.05, 0) is 103 Å². The van der Waals surface area contributed by atoms with E-state index < -0.39 is 6.10 Å². The van der Waals surface area contributed by atoms with E-state index in [1.807, 2.05) is 0 Å². The first kappa shape index (κ1) is 68.6. The number of hydrogen-bond acceptors (Lipinski definition) is 5. The van der Waals surface area contributed by atoms with Gasteiger partial charge in [0.05, 0.1) is 6.61 Å². The molecule has 5 nitrogen and oxygen atoms in total. The van der Waals surface area contributed by atoms with Gasteiger partial charge in [0.15, 0.2) is 6.10 Å². The molecule has 1 atom stereocenters. The number of rotatable bonds is 55. The van der Waals surface area contributed by atoms with Gasteiger partial charge in [0.2, 0.25) is 0 Å². The number of allylic oxidation sites excluding steroid dienone is 18. The monoisotopic (exact) mass is 999 g/mol. The zero-order chi connectivity index (χ0) is 52.0. The van der Waals surface area contributed by atoms with Crippen LogP contribution in [-0.4, -0.2) is 36.4 Å². The summed E-state index contributed by atoms with van der Waals surface area (Å²) < 4.78 is 10.7. The van der Waals surface area contributed by atoms with Crippen LogP contribution in [0.4, 0.5) is 0 Å². The molecule has 0 radical (unpaired) electrons. The first-order valence-corrected chi connectivity index (χ1v) is 30.4. The Balaban J connectivity index is 3.55. The second kappa shape index (κ2) is 61.9. The van der Waals surface area contributed by atoms with Crippen molar-refractivity contribution in [3.8, 4) is 0 Å². The van der Waals surface area contributed by atoms with E-state index in [1.54, 1.807) is 0 Å². The van der Waals surface area contributed by atoms with E-state index in [0.29, 0.717) is 12.8 Å². The van der Waals surface area contributed by atoms with E-state index in [4.69, 9.17) is 9.47 Å². The molecule has 0 aliphatic rings. The maximum atomic E-state index is 12.3. The minimum absolute atomic E-state index is 0.0759. The lowest BCUT2D eigenvalue weighted by Gasteiger charge is -2.15. The first-order chi connectivity index (χ1) is 35.6. The number of esters is 2. The molecule has 0 aromatic carbocycles. The molecule has 0 amide bonds. The number of hydrogen-bond donors (Lipinski definition) is 1. The van der Waals surface area contributed by atoms with Crippen molar-refractivity contribution in [1.82, 2.24) is 0 Å². The lowest BCUT2D eigenvalue weighted by atomic mass is 10.0. The molecule has 0 saturated carbocycles. The molecule has 0 aliphatic carbocycles. The van der Waals surface area contributed by atoms with Crippen LogP contribution in [0, 0.1) is 0 Å².